The third-order valence-corrected chi connectivity index (χ3v) is 10.6. The van der Waals surface area contributed by atoms with Gasteiger partial charge in [-0.3, -0.25) is 30.9 Å². The number of aliphatic hydroxyl groups is 2. The quantitative estimate of drug-likeness (QED) is 0.202. The van der Waals surface area contributed by atoms with Crippen molar-refractivity contribution >= 4 is 42.1 Å². The zero-order chi connectivity index (χ0) is 34.5. The lowest BCUT2D eigenvalue weighted by Gasteiger charge is -2.61. The van der Waals surface area contributed by atoms with E-state index >= 15 is 0 Å². The lowest BCUT2D eigenvalue weighted by atomic mass is 9.45. The first kappa shape index (κ1) is 33.2. The Kier molecular flexibility index (Phi) is 8.56. The molecule has 0 saturated heterocycles. The normalized spacial score (nSPS) is 30.9. The van der Waals surface area contributed by atoms with Gasteiger partial charge in [0.15, 0.2) is 11.2 Å². The molecule has 0 spiro atoms. The predicted octanol–water partition coefficient (Wildman–Crippen LogP) is 0.114. The average molecular weight is 660 g/mol. The summed E-state index contributed by atoms with van der Waals surface area (Å²) in [6.07, 6.45) is 7.95. The van der Waals surface area contributed by atoms with E-state index < -0.39 is 28.9 Å². The van der Waals surface area contributed by atoms with Gasteiger partial charge in [-0.05, 0) is 43.6 Å². The van der Waals surface area contributed by atoms with Gasteiger partial charge >= 0.3 is 0 Å². The van der Waals surface area contributed by atoms with Gasteiger partial charge in [-0.15, -0.1) is 0 Å². The van der Waals surface area contributed by atoms with Crippen molar-refractivity contribution in [1.29, 1.82) is 5.41 Å². The highest BCUT2D eigenvalue weighted by atomic mass is 16.5. The highest BCUT2D eigenvalue weighted by molar-refractivity contribution is 6.06. The van der Waals surface area contributed by atoms with E-state index in [2.05, 4.69) is 49.4 Å². The maximum Gasteiger partial charge on any atom is 0.289 e. The fourth-order valence-electron chi connectivity index (χ4n) is 7.72. The summed E-state index contributed by atoms with van der Waals surface area (Å²) in [4.78, 5) is 41.9. The molecule has 2 aromatic rings. The number of allylic oxidation sites excluding steroid dienone is 1. The molecule has 0 radical (unpaired) electrons. The summed E-state index contributed by atoms with van der Waals surface area (Å²) in [5, 5.41) is 48.7. The number of rotatable bonds is 7. The zero-order valence-electron chi connectivity index (χ0n) is 27.3. The summed E-state index contributed by atoms with van der Waals surface area (Å²) in [5.74, 6) is -1.26. The summed E-state index contributed by atoms with van der Waals surface area (Å²) >= 11 is 0. The fraction of sp³-hybridized carbons (Fsp3) is 0.485. The number of nitrogens with one attached hydrogen (secondary N) is 4. The van der Waals surface area contributed by atoms with Crippen molar-refractivity contribution in [2.45, 2.75) is 58.2 Å². The molecule has 0 aromatic carbocycles. The number of aliphatic hydroxyl groups excluding tert-OH is 2. The molecule has 2 aromatic heterocycles. The summed E-state index contributed by atoms with van der Waals surface area (Å²) in [6, 6.07) is 0.692. The minimum Gasteiger partial charge on any atom is -0.480 e. The average Bonchev–Trinajstić information content (AvgIpc) is 3.76. The second-order valence-electron chi connectivity index (χ2n) is 13.5. The smallest absolute Gasteiger partial charge is 0.289 e. The van der Waals surface area contributed by atoms with Crippen molar-refractivity contribution in [3.63, 3.8) is 0 Å². The Hall–Kier alpha value is -4.73. The van der Waals surface area contributed by atoms with Crippen LogP contribution in [0.1, 0.15) is 61.8 Å². The SMILES string of the molecule is C=C1C(NC(C)C(=O)NC2=NCC=N2)CC2[C@](C)(CC[C@@H](O)[C@@]2(C)CO)C1/C=C/c1cc(C=c2nc3c(n2C)=NC(=N)NC3=O)oc1O. The Morgan fingerprint density at radius 1 is 1.38 bits per heavy atom. The second-order valence-corrected chi connectivity index (χ2v) is 13.5. The number of fused-ring (bicyclic) bond motifs is 2. The van der Waals surface area contributed by atoms with Gasteiger partial charge in [0.05, 0.1) is 30.9 Å². The largest absolute Gasteiger partial charge is 0.480 e. The van der Waals surface area contributed by atoms with Crippen LogP contribution in [-0.4, -0.2) is 86.2 Å². The van der Waals surface area contributed by atoms with E-state index in [-0.39, 0.29) is 65.2 Å². The third-order valence-electron chi connectivity index (χ3n) is 10.6. The number of aliphatic imine (C=N–C) groups is 2. The summed E-state index contributed by atoms with van der Waals surface area (Å²) in [7, 11) is 1.66. The number of nitrogens with zero attached hydrogens (tertiary/aromatic N) is 5. The number of furan rings is 1. The van der Waals surface area contributed by atoms with E-state index in [1.165, 1.54) is 0 Å². The Morgan fingerprint density at radius 2 is 2.15 bits per heavy atom. The molecule has 7 N–H and O–H groups in total. The number of amides is 2. The first-order valence-electron chi connectivity index (χ1n) is 15.9. The molecule has 4 aliphatic rings. The highest BCUT2D eigenvalue weighted by Crippen LogP contribution is 2.61. The van der Waals surface area contributed by atoms with Crippen molar-refractivity contribution in [3.8, 4) is 5.95 Å². The lowest BCUT2D eigenvalue weighted by molar-refractivity contribution is -0.149. The highest BCUT2D eigenvalue weighted by Gasteiger charge is 2.59. The summed E-state index contributed by atoms with van der Waals surface area (Å²) in [6.45, 7) is 10.5. The summed E-state index contributed by atoms with van der Waals surface area (Å²) in [5.41, 5.74) is 0.722. The van der Waals surface area contributed by atoms with E-state index in [1.807, 2.05) is 13.0 Å². The molecule has 0 bridgehead atoms. The van der Waals surface area contributed by atoms with Crippen LogP contribution >= 0.6 is 0 Å². The number of carbonyl (C=O) groups is 2. The molecular weight excluding hydrogens is 618 g/mol. The molecule has 2 aliphatic carbocycles. The number of hydrogen-bond acceptors (Lipinski definition) is 11. The summed E-state index contributed by atoms with van der Waals surface area (Å²) < 4.78 is 7.19. The maximum absolute atomic E-state index is 13.0. The van der Waals surface area contributed by atoms with Crippen LogP contribution in [-0.2, 0) is 11.8 Å². The van der Waals surface area contributed by atoms with Crippen LogP contribution in [0.4, 0.5) is 0 Å². The van der Waals surface area contributed by atoms with Gasteiger partial charge in [-0.25, -0.2) is 15.0 Å². The third kappa shape index (κ3) is 5.71. The molecule has 2 aliphatic heterocycles. The van der Waals surface area contributed by atoms with Gasteiger partial charge in [0.25, 0.3) is 11.9 Å². The Morgan fingerprint density at radius 3 is 2.85 bits per heavy atom. The Balaban J connectivity index is 1.31. The molecule has 7 atom stereocenters. The number of aromatic hydroxyl groups is 1. The molecule has 15 heteroatoms. The minimum absolute atomic E-state index is 0.0810. The van der Waals surface area contributed by atoms with Crippen molar-refractivity contribution < 1.29 is 29.3 Å². The van der Waals surface area contributed by atoms with Crippen LogP contribution < -0.4 is 26.9 Å². The van der Waals surface area contributed by atoms with Crippen LogP contribution in [0.3, 0.4) is 0 Å². The molecule has 15 nitrogen and oxygen atoms in total. The van der Waals surface area contributed by atoms with Gasteiger partial charge in [0.1, 0.15) is 11.2 Å². The molecule has 4 unspecified atom stereocenters. The van der Waals surface area contributed by atoms with Crippen LogP contribution in [0.2, 0.25) is 0 Å². The lowest BCUT2D eigenvalue weighted by Crippen LogP contribution is -2.62. The van der Waals surface area contributed by atoms with Crippen molar-refractivity contribution in [2.24, 2.45) is 44.7 Å². The number of aromatic nitrogens is 2. The van der Waals surface area contributed by atoms with E-state index in [0.29, 0.717) is 36.9 Å². The van der Waals surface area contributed by atoms with E-state index in [0.717, 1.165) is 5.57 Å². The Bertz CT molecular complexity index is 1910. The fourth-order valence-corrected chi connectivity index (χ4v) is 7.72. The number of carbonyl (C=O) groups excluding carboxylic acids is 2. The number of imidazole rings is 1. The molecule has 48 heavy (non-hydrogen) atoms. The van der Waals surface area contributed by atoms with Crippen LogP contribution in [0.25, 0.3) is 12.2 Å². The predicted molar refractivity (Wildman–Crippen MR) is 177 cm³/mol. The first-order chi connectivity index (χ1) is 22.7. The monoisotopic (exact) mass is 659 g/mol. The van der Waals surface area contributed by atoms with Crippen LogP contribution in [0.5, 0.6) is 5.95 Å². The van der Waals surface area contributed by atoms with E-state index in [1.54, 1.807) is 43.0 Å². The number of hydrogen-bond donors (Lipinski definition) is 7. The van der Waals surface area contributed by atoms with Crippen molar-refractivity contribution in [3.05, 3.63) is 52.3 Å². The molecular formula is C33H41N9O6. The van der Waals surface area contributed by atoms with Gasteiger partial charge in [0.2, 0.25) is 17.8 Å². The molecule has 2 amide bonds. The van der Waals surface area contributed by atoms with Crippen LogP contribution in [0.15, 0.2) is 43.7 Å². The molecule has 4 heterocycles. The Labute approximate surface area is 276 Å². The zero-order valence-corrected chi connectivity index (χ0v) is 27.3. The van der Waals surface area contributed by atoms with Crippen molar-refractivity contribution in [1.82, 2.24) is 25.5 Å². The van der Waals surface area contributed by atoms with E-state index in [4.69, 9.17) is 9.83 Å². The standard InChI is InChI=1S/C33H41N9O6/c1-16-20(7-6-18-12-19(48-29(18)47)13-24-38-25-26(42(24)5)39-30(34)40-28(25)46)32(3)9-8-23(44)33(4,15-43)22(32)14-21(16)37-17(2)27(45)41-31-35-10-11-36-31/h6-7,10,12-13,17,20-23,37,43-44,47H,1,8-9,11,14-15H2,2-5H3,(H2,34,40,46)(H,36,41,45)/b7-6+,24-13?/t17?,20?,21?,22?,23-,32-,33+/m1/s1. The number of guanidine groups is 2. The van der Waals surface area contributed by atoms with Gasteiger partial charge in [0, 0.05) is 36.7 Å². The molecule has 254 valence electrons. The van der Waals surface area contributed by atoms with Crippen LogP contribution in [0, 0.1) is 28.1 Å². The topological polar surface area (TPSA) is 223 Å². The molecule has 2 saturated carbocycles. The van der Waals surface area contributed by atoms with Gasteiger partial charge < -0.3 is 24.3 Å². The second kappa shape index (κ2) is 12.4. The van der Waals surface area contributed by atoms with Crippen molar-refractivity contribution in [2.75, 3.05) is 13.2 Å². The van der Waals surface area contributed by atoms with Gasteiger partial charge in [-0.1, -0.05) is 38.2 Å². The maximum atomic E-state index is 13.0. The molecule has 6 rings (SSSR count). The first-order valence-corrected chi connectivity index (χ1v) is 15.9. The minimum atomic E-state index is -0.790. The van der Waals surface area contributed by atoms with Gasteiger partial charge in [-0.2, -0.15) is 4.99 Å². The molecule has 2 fully saturated rings. The van der Waals surface area contributed by atoms with E-state index in [9.17, 15) is 24.9 Å².